The molecule has 0 fully saturated rings. The topological polar surface area (TPSA) is 91.3 Å². The van der Waals surface area contributed by atoms with Crippen molar-refractivity contribution in [1.82, 2.24) is 10.3 Å². The van der Waals surface area contributed by atoms with Crippen LogP contribution in [0.5, 0.6) is 0 Å². The van der Waals surface area contributed by atoms with Gasteiger partial charge in [0.1, 0.15) is 0 Å². The molecule has 0 spiro atoms. The van der Waals surface area contributed by atoms with E-state index in [1.807, 2.05) is 36.6 Å². The van der Waals surface area contributed by atoms with Crippen molar-refractivity contribution in [2.75, 3.05) is 5.32 Å². The van der Waals surface area contributed by atoms with Crippen LogP contribution in [-0.2, 0) is 4.79 Å². The summed E-state index contributed by atoms with van der Waals surface area (Å²) < 4.78 is 0. The minimum Gasteiger partial charge on any atom is -0.481 e. The molecule has 3 N–H and O–H groups in total. The van der Waals surface area contributed by atoms with Crippen molar-refractivity contribution in [3.63, 3.8) is 0 Å². The number of amides is 2. The molecule has 2 amide bonds. The molecule has 2 aromatic rings. The van der Waals surface area contributed by atoms with E-state index in [-0.39, 0.29) is 12.5 Å². The lowest BCUT2D eigenvalue weighted by molar-refractivity contribution is -0.137. The average molecular weight is 347 g/mol. The number of nitrogens with one attached hydrogen (secondary N) is 2. The van der Waals surface area contributed by atoms with Crippen LogP contribution in [0.1, 0.15) is 31.7 Å². The lowest BCUT2D eigenvalue weighted by Crippen LogP contribution is -2.45. The number of aryl methyl sites for hydroxylation is 1. The number of hydrogen-bond acceptors (Lipinski definition) is 4. The van der Waals surface area contributed by atoms with Crippen LogP contribution in [0.3, 0.4) is 0 Å². The molecule has 128 valence electrons. The first-order valence-corrected chi connectivity index (χ1v) is 8.47. The quantitative estimate of drug-likeness (QED) is 0.739. The Morgan fingerprint density at radius 1 is 1.25 bits per heavy atom. The van der Waals surface area contributed by atoms with E-state index in [0.29, 0.717) is 12.1 Å². The summed E-state index contributed by atoms with van der Waals surface area (Å²) in [6.07, 6.45) is 0.368. The number of urea groups is 1. The number of nitrogens with zero attached hydrogens (tertiary/aromatic N) is 1. The number of hydrogen-bond donors (Lipinski definition) is 3. The van der Waals surface area contributed by atoms with Crippen LogP contribution in [0.2, 0.25) is 0 Å². The maximum Gasteiger partial charge on any atom is 0.319 e. The largest absolute Gasteiger partial charge is 0.481 e. The van der Waals surface area contributed by atoms with Gasteiger partial charge < -0.3 is 15.7 Å². The lowest BCUT2D eigenvalue weighted by Gasteiger charge is -2.25. The van der Waals surface area contributed by atoms with Gasteiger partial charge in [0.25, 0.3) is 0 Å². The van der Waals surface area contributed by atoms with Crippen LogP contribution in [0.15, 0.2) is 29.6 Å². The van der Waals surface area contributed by atoms with Gasteiger partial charge in [0, 0.05) is 28.6 Å². The highest BCUT2D eigenvalue weighted by Crippen LogP contribution is 2.23. The molecule has 1 heterocycles. The first-order valence-electron chi connectivity index (χ1n) is 7.59. The molecule has 2 rings (SSSR count). The second-order valence-corrected chi connectivity index (χ2v) is 7.25. The van der Waals surface area contributed by atoms with Gasteiger partial charge in [0.2, 0.25) is 0 Å². The zero-order valence-corrected chi connectivity index (χ0v) is 14.7. The first kappa shape index (κ1) is 17.9. The van der Waals surface area contributed by atoms with E-state index in [1.165, 1.54) is 0 Å². The molecule has 6 nitrogen and oxygen atoms in total. The Balaban J connectivity index is 1.93. The molecular weight excluding hydrogens is 326 g/mol. The standard InChI is InChI=1S/C17H21N3O3S/c1-11-18-14(10-24-11)12-4-6-13(7-5-12)19-16(23)20-17(2,3)9-8-15(21)22/h4-7,10H,8-9H2,1-3H3,(H,21,22)(H2,19,20,23). The Labute approximate surface area is 144 Å². The number of thiazole rings is 1. The highest BCUT2D eigenvalue weighted by molar-refractivity contribution is 7.09. The van der Waals surface area contributed by atoms with Crippen molar-refractivity contribution in [3.8, 4) is 11.3 Å². The van der Waals surface area contributed by atoms with E-state index in [2.05, 4.69) is 15.6 Å². The number of anilines is 1. The van der Waals surface area contributed by atoms with Crippen molar-refractivity contribution >= 4 is 29.0 Å². The molecule has 7 heteroatoms. The summed E-state index contributed by atoms with van der Waals surface area (Å²) in [6, 6.07) is 7.07. The summed E-state index contributed by atoms with van der Waals surface area (Å²) in [7, 11) is 0. The fourth-order valence-corrected chi connectivity index (χ4v) is 2.79. The number of carbonyl (C=O) groups is 2. The molecule has 0 radical (unpaired) electrons. The SMILES string of the molecule is Cc1nc(-c2ccc(NC(=O)NC(C)(C)CCC(=O)O)cc2)cs1. The normalized spacial score (nSPS) is 11.1. The van der Waals surface area contributed by atoms with E-state index in [1.54, 1.807) is 25.2 Å². The smallest absolute Gasteiger partial charge is 0.319 e. The van der Waals surface area contributed by atoms with Crippen molar-refractivity contribution < 1.29 is 14.7 Å². The maximum atomic E-state index is 12.1. The van der Waals surface area contributed by atoms with Gasteiger partial charge in [0.15, 0.2) is 0 Å². The number of carbonyl (C=O) groups excluding carboxylic acids is 1. The van der Waals surface area contributed by atoms with E-state index in [0.717, 1.165) is 16.3 Å². The molecule has 0 unspecified atom stereocenters. The van der Waals surface area contributed by atoms with Gasteiger partial charge in [-0.1, -0.05) is 12.1 Å². The summed E-state index contributed by atoms with van der Waals surface area (Å²) in [6.45, 7) is 5.55. The third-order valence-corrected chi connectivity index (χ3v) is 4.25. The molecule has 0 bridgehead atoms. The van der Waals surface area contributed by atoms with Gasteiger partial charge >= 0.3 is 12.0 Å². The fraction of sp³-hybridized carbons (Fsp3) is 0.353. The minimum atomic E-state index is -0.877. The molecule has 0 aliphatic heterocycles. The van der Waals surface area contributed by atoms with E-state index in [9.17, 15) is 9.59 Å². The summed E-state index contributed by atoms with van der Waals surface area (Å²) in [5.74, 6) is -0.877. The molecule has 1 aromatic carbocycles. The zero-order chi connectivity index (χ0) is 17.7. The molecule has 1 aromatic heterocycles. The number of carboxylic acids is 1. The molecule has 24 heavy (non-hydrogen) atoms. The van der Waals surface area contributed by atoms with Gasteiger partial charge in [-0.2, -0.15) is 0 Å². The highest BCUT2D eigenvalue weighted by atomic mass is 32.1. The highest BCUT2D eigenvalue weighted by Gasteiger charge is 2.21. The number of benzene rings is 1. The fourth-order valence-electron chi connectivity index (χ4n) is 2.17. The molecule has 0 saturated heterocycles. The van der Waals surface area contributed by atoms with Crippen LogP contribution in [-0.4, -0.2) is 27.6 Å². The maximum absolute atomic E-state index is 12.1. The summed E-state index contributed by atoms with van der Waals surface area (Å²) >= 11 is 1.59. The lowest BCUT2D eigenvalue weighted by atomic mass is 9.99. The second-order valence-electron chi connectivity index (χ2n) is 6.19. The second kappa shape index (κ2) is 7.44. The first-order chi connectivity index (χ1) is 11.2. The van der Waals surface area contributed by atoms with Crippen LogP contribution >= 0.6 is 11.3 Å². The molecule has 0 atom stereocenters. The monoisotopic (exact) mass is 347 g/mol. The van der Waals surface area contributed by atoms with E-state index in [4.69, 9.17) is 5.11 Å². The van der Waals surface area contributed by atoms with Crippen LogP contribution in [0.4, 0.5) is 10.5 Å². The Kier molecular flexibility index (Phi) is 5.56. The Hall–Kier alpha value is -2.41. The van der Waals surface area contributed by atoms with Crippen LogP contribution in [0.25, 0.3) is 11.3 Å². The predicted octanol–water partition coefficient (Wildman–Crippen LogP) is 3.88. The Morgan fingerprint density at radius 3 is 2.46 bits per heavy atom. The Bertz CT molecular complexity index is 723. The van der Waals surface area contributed by atoms with E-state index < -0.39 is 11.5 Å². The third kappa shape index (κ3) is 5.34. The molecule has 0 saturated carbocycles. The van der Waals surface area contributed by atoms with Gasteiger partial charge in [0.05, 0.1) is 10.7 Å². The van der Waals surface area contributed by atoms with Crippen molar-refractivity contribution in [1.29, 1.82) is 0 Å². The van der Waals surface area contributed by atoms with Crippen molar-refractivity contribution in [2.45, 2.75) is 39.2 Å². The van der Waals surface area contributed by atoms with E-state index >= 15 is 0 Å². The van der Waals surface area contributed by atoms with Crippen molar-refractivity contribution in [3.05, 3.63) is 34.7 Å². The van der Waals surface area contributed by atoms with Crippen LogP contribution in [0, 0.1) is 6.92 Å². The number of aromatic nitrogens is 1. The van der Waals surface area contributed by atoms with Gasteiger partial charge in [-0.15, -0.1) is 11.3 Å². The predicted molar refractivity (Wildman–Crippen MR) is 95.4 cm³/mol. The summed E-state index contributed by atoms with van der Waals surface area (Å²) in [5.41, 5.74) is 1.98. The number of carboxylic acid groups (broad SMARTS) is 1. The zero-order valence-electron chi connectivity index (χ0n) is 13.9. The Morgan fingerprint density at radius 2 is 1.92 bits per heavy atom. The summed E-state index contributed by atoms with van der Waals surface area (Å²) in [5, 5.41) is 17.3. The molecule has 0 aliphatic rings. The average Bonchev–Trinajstić information content (AvgIpc) is 2.92. The van der Waals surface area contributed by atoms with Crippen molar-refractivity contribution in [2.24, 2.45) is 0 Å². The van der Waals surface area contributed by atoms with Gasteiger partial charge in [-0.3, -0.25) is 4.79 Å². The third-order valence-electron chi connectivity index (χ3n) is 3.47. The molecule has 0 aliphatic carbocycles. The van der Waals surface area contributed by atoms with Gasteiger partial charge in [-0.25, -0.2) is 9.78 Å². The number of aliphatic carboxylic acids is 1. The van der Waals surface area contributed by atoms with Gasteiger partial charge in [-0.05, 0) is 39.3 Å². The van der Waals surface area contributed by atoms with Crippen LogP contribution < -0.4 is 10.6 Å². The minimum absolute atomic E-state index is 0.00896. The molecular formula is C17H21N3O3S. The summed E-state index contributed by atoms with van der Waals surface area (Å²) in [4.78, 5) is 27.1. The number of rotatable bonds is 6.